The normalized spacial score (nSPS) is 11.1. The van der Waals surface area contributed by atoms with Crippen LogP contribution in [0.3, 0.4) is 0 Å². The number of benzene rings is 2. The highest BCUT2D eigenvalue weighted by Crippen LogP contribution is 2.26. The van der Waals surface area contributed by atoms with Crippen LogP contribution in [0.2, 0.25) is 5.02 Å². The molecule has 0 aliphatic rings. The fourth-order valence-electron chi connectivity index (χ4n) is 2.99. The zero-order chi connectivity index (χ0) is 21.8. The molecule has 30 heavy (non-hydrogen) atoms. The van der Waals surface area contributed by atoms with Gasteiger partial charge in [0, 0.05) is 35.7 Å². The Labute approximate surface area is 177 Å². The van der Waals surface area contributed by atoms with Crippen molar-refractivity contribution in [1.29, 1.82) is 0 Å². The van der Waals surface area contributed by atoms with Gasteiger partial charge in [0.25, 0.3) is 5.69 Å². The number of halogens is 1. The Morgan fingerprint density at radius 2 is 1.83 bits per heavy atom. The van der Waals surface area contributed by atoms with Crippen LogP contribution in [0.15, 0.2) is 42.5 Å². The number of aromatic nitrogens is 3. The van der Waals surface area contributed by atoms with E-state index in [-0.39, 0.29) is 17.1 Å². The number of nitrogens with zero attached hydrogens (tertiary/aromatic N) is 5. The summed E-state index contributed by atoms with van der Waals surface area (Å²) >= 11 is 5.91. The molecule has 0 amide bonds. The minimum absolute atomic E-state index is 0.104. The lowest BCUT2D eigenvalue weighted by atomic mass is 10.0. The first-order chi connectivity index (χ1) is 14.3. The van der Waals surface area contributed by atoms with Crippen LogP contribution in [0.25, 0.3) is 5.69 Å². The topological polar surface area (TPSA) is 114 Å². The van der Waals surface area contributed by atoms with Gasteiger partial charge in [0.1, 0.15) is 12.4 Å². The molecule has 0 aliphatic carbocycles. The molecule has 3 aromatic rings. The number of carbonyl (C=O) groups excluding carboxylic acids is 1. The van der Waals surface area contributed by atoms with E-state index in [2.05, 4.69) is 10.2 Å². The monoisotopic (exact) mass is 429 g/mol. The van der Waals surface area contributed by atoms with Crippen LogP contribution in [0.4, 0.5) is 5.69 Å². The molecule has 0 saturated heterocycles. The van der Waals surface area contributed by atoms with Gasteiger partial charge in [0.05, 0.1) is 16.2 Å². The second kappa shape index (κ2) is 9.12. The van der Waals surface area contributed by atoms with Crippen LogP contribution in [-0.2, 0) is 13.0 Å². The van der Waals surface area contributed by atoms with Crippen molar-refractivity contribution in [3.63, 3.8) is 0 Å². The number of aliphatic hydroxyl groups is 1. The highest BCUT2D eigenvalue weighted by molar-refractivity contribution is 6.30. The molecule has 0 aliphatic heterocycles. The third-order valence-corrected chi connectivity index (χ3v) is 4.76. The van der Waals surface area contributed by atoms with Gasteiger partial charge in [0.2, 0.25) is 0 Å². The molecule has 9 nitrogen and oxygen atoms in total. The van der Waals surface area contributed by atoms with Crippen LogP contribution in [0.1, 0.15) is 27.6 Å². The van der Waals surface area contributed by atoms with Crippen LogP contribution in [0, 0.1) is 10.1 Å². The van der Waals surface area contributed by atoms with Crippen LogP contribution in [0.5, 0.6) is 0 Å². The first-order valence-electron chi connectivity index (χ1n) is 9.09. The Bertz CT molecular complexity index is 1080. The molecular weight excluding hydrogens is 410 g/mol. The molecule has 0 bridgehead atoms. The number of carbonyl (C=O) groups is 1. The highest BCUT2D eigenvalue weighted by Gasteiger charge is 2.23. The smallest absolute Gasteiger partial charge is 0.270 e. The highest BCUT2D eigenvalue weighted by atomic mass is 35.5. The molecule has 1 heterocycles. The van der Waals surface area contributed by atoms with E-state index in [9.17, 15) is 20.0 Å². The number of nitro groups is 1. The van der Waals surface area contributed by atoms with Crippen LogP contribution < -0.4 is 0 Å². The SMILES string of the molecule is CN(C)CCc1nnc(CO)n1-c1ccc([N+](=O)[O-])cc1C(=O)c1ccc(Cl)cc1. The van der Waals surface area contributed by atoms with Crippen molar-refractivity contribution in [3.8, 4) is 5.69 Å². The lowest BCUT2D eigenvalue weighted by Crippen LogP contribution is -2.18. The Balaban J connectivity index is 2.18. The van der Waals surface area contributed by atoms with Crippen molar-refractivity contribution >= 4 is 23.1 Å². The van der Waals surface area contributed by atoms with Gasteiger partial charge in [-0.05, 0) is 44.4 Å². The number of non-ortho nitro benzene ring substituents is 1. The summed E-state index contributed by atoms with van der Waals surface area (Å²) in [5, 5.41) is 29.7. The predicted molar refractivity (Wildman–Crippen MR) is 111 cm³/mol. The quantitative estimate of drug-likeness (QED) is 0.332. The summed E-state index contributed by atoms with van der Waals surface area (Å²) in [5.74, 6) is 0.357. The molecule has 3 rings (SSSR count). The van der Waals surface area contributed by atoms with Gasteiger partial charge in [0.15, 0.2) is 11.6 Å². The van der Waals surface area contributed by atoms with Crippen molar-refractivity contribution < 1.29 is 14.8 Å². The summed E-state index contributed by atoms with van der Waals surface area (Å²) in [4.78, 5) is 26.0. The summed E-state index contributed by atoms with van der Waals surface area (Å²) in [7, 11) is 3.82. The van der Waals surface area contributed by atoms with Crippen LogP contribution >= 0.6 is 11.6 Å². The van der Waals surface area contributed by atoms with Crippen molar-refractivity contribution in [2.24, 2.45) is 0 Å². The van der Waals surface area contributed by atoms with E-state index < -0.39 is 17.3 Å². The minimum atomic E-state index is -0.561. The summed E-state index contributed by atoms with van der Waals surface area (Å²) in [5.41, 5.74) is 0.578. The van der Waals surface area contributed by atoms with Crippen molar-refractivity contribution in [2.75, 3.05) is 20.6 Å². The zero-order valence-electron chi connectivity index (χ0n) is 16.4. The Kier molecular flexibility index (Phi) is 6.56. The first kappa shape index (κ1) is 21.6. The molecule has 1 N–H and O–H groups in total. The van der Waals surface area contributed by atoms with E-state index in [4.69, 9.17) is 11.6 Å². The Morgan fingerprint density at radius 3 is 2.43 bits per heavy atom. The maximum Gasteiger partial charge on any atom is 0.270 e. The Morgan fingerprint density at radius 1 is 1.17 bits per heavy atom. The minimum Gasteiger partial charge on any atom is -0.388 e. The van der Waals surface area contributed by atoms with Gasteiger partial charge in [-0.2, -0.15) is 0 Å². The zero-order valence-corrected chi connectivity index (χ0v) is 17.2. The van der Waals surface area contributed by atoms with E-state index in [0.29, 0.717) is 35.1 Å². The Hall–Kier alpha value is -3.14. The van der Waals surface area contributed by atoms with E-state index in [0.717, 1.165) is 0 Å². The van der Waals surface area contributed by atoms with Gasteiger partial charge in [-0.15, -0.1) is 10.2 Å². The number of hydrogen-bond acceptors (Lipinski definition) is 7. The molecule has 156 valence electrons. The van der Waals surface area contributed by atoms with Crippen LogP contribution in [-0.4, -0.2) is 56.1 Å². The second-order valence-electron chi connectivity index (χ2n) is 6.87. The van der Waals surface area contributed by atoms with Crippen molar-refractivity contribution in [1.82, 2.24) is 19.7 Å². The molecule has 0 fully saturated rings. The molecule has 0 radical (unpaired) electrons. The van der Waals surface area contributed by atoms with E-state index in [1.54, 1.807) is 28.8 Å². The number of ketones is 1. The number of nitro benzene ring substituents is 1. The van der Waals surface area contributed by atoms with E-state index in [1.807, 2.05) is 19.0 Å². The average molecular weight is 430 g/mol. The maximum absolute atomic E-state index is 13.2. The molecule has 1 aromatic heterocycles. The standard InChI is InChI=1S/C20H20ClN5O4/c1-24(2)10-9-18-22-23-19(12-27)25(18)17-8-7-15(26(29)30)11-16(17)20(28)13-3-5-14(21)6-4-13/h3-8,11,27H,9-10,12H2,1-2H3. The summed E-state index contributed by atoms with van der Waals surface area (Å²) in [6.45, 7) is 0.261. The molecule has 10 heteroatoms. The summed E-state index contributed by atoms with van der Waals surface area (Å²) < 4.78 is 1.58. The molecule has 0 spiro atoms. The van der Waals surface area contributed by atoms with E-state index >= 15 is 0 Å². The molecular formula is C20H20ClN5O4. The number of hydrogen-bond donors (Lipinski definition) is 1. The number of likely N-dealkylation sites (N-methyl/N-ethyl adjacent to an activating group) is 1. The van der Waals surface area contributed by atoms with Gasteiger partial charge in [-0.3, -0.25) is 19.5 Å². The number of aliphatic hydroxyl groups excluding tert-OH is 1. The molecule has 0 atom stereocenters. The predicted octanol–water partition coefficient (Wildman–Crippen LogP) is 2.66. The summed E-state index contributed by atoms with van der Waals surface area (Å²) in [6, 6.07) is 10.3. The number of rotatable bonds is 8. The largest absolute Gasteiger partial charge is 0.388 e. The van der Waals surface area contributed by atoms with Gasteiger partial charge in [-0.1, -0.05) is 11.6 Å². The van der Waals surface area contributed by atoms with Crippen molar-refractivity contribution in [3.05, 3.63) is 80.4 Å². The molecule has 0 unspecified atom stereocenters. The fourth-order valence-corrected chi connectivity index (χ4v) is 3.12. The first-order valence-corrected chi connectivity index (χ1v) is 9.47. The summed E-state index contributed by atoms with van der Waals surface area (Å²) in [6.07, 6.45) is 0.506. The lowest BCUT2D eigenvalue weighted by molar-refractivity contribution is -0.384. The van der Waals surface area contributed by atoms with Crippen molar-refractivity contribution in [2.45, 2.75) is 13.0 Å². The van der Waals surface area contributed by atoms with Gasteiger partial charge < -0.3 is 10.0 Å². The van der Waals surface area contributed by atoms with Gasteiger partial charge in [-0.25, -0.2) is 0 Å². The second-order valence-corrected chi connectivity index (χ2v) is 7.31. The average Bonchev–Trinajstić information content (AvgIpc) is 3.14. The fraction of sp³-hybridized carbons (Fsp3) is 0.250. The molecule has 2 aromatic carbocycles. The molecule has 0 saturated carbocycles. The van der Waals surface area contributed by atoms with E-state index in [1.165, 1.54) is 18.2 Å². The maximum atomic E-state index is 13.2. The van der Waals surface area contributed by atoms with Gasteiger partial charge >= 0.3 is 0 Å². The lowest BCUT2D eigenvalue weighted by Gasteiger charge is -2.15. The third-order valence-electron chi connectivity index (χ3n) is 4.50. The third kappa shape index (κ3) is 4.54.